The molecule has 0 aliphatic rings. The van der Waals surface area contributed by atoms with Gasteiger partial charge in [0.2, 0.25) is 11.9 Å². The molecule has 0 bridgehead atoms. The van der Waals surface area contributed by atoms with Crippen LogP contribution in [0.25, 0.3) is 0 Å². The lowest BCUT2D eigenvalue weighted by Crippen LogP contribution is -2.28. The Morgan fingerprint density at radius 3 is 2.33 bits per heavy atom. The van der Waals surface area contributed by atoms with Crippen LogP contribution in [-0.2, 0) is 0 Å². The molecule has 15 heavy (non-hydrogen) atoms. The summed E-state index contributed by atoms with van der Waals surface area (Å²) in [5, 5.41) is 2.83. The molecule has 1 aromatic heterocycles. The number of nitrogens with two attached hydrogens (primary N) is 1. The summed E-state index contributed by atoms with van der Waals surface area (Å²) in [6.45, 7) is 7.82. The van der Waals surface area contributed by atoms with E-state index in [1.165, 1.54) is 0 Å². The highest BCUT2D eigenvalue weighted by Gasteiger charge is 2.14. The van der Waals surface area contributed by atoms with Gasteiger partial charge in [-0.3, -0.25) is 0 Å². The quantitative estimate of drug-likeness (QED) is 0.759. The molecule has 1 aromatic rings. The van der Waals surface area contributed by atoms with Crippen molar-refractivity contribution < 1.29 is 0 Å². The van der Waals surface area contributed by atoms with E-state index in [-0.39, 0.29) is 16.9 Å². The van der Waals surface area contributed by atoms with Gasteiger partial charge in [0, 0.05) is 5.54 Å². The average Bonchev–Trinajstić information content (AvgIpc) is 1.99. The van der Waals surface area contributed by atoms with Crippen molar-refractivity contribution >= 4 is 23.5 Å². The van der Waals surface area contributed by atoms with Gasteiger partial charge in [-0.1, -0.05) is 0 Å². The normalized spacial score (nSPS) is 13.7. The van der Waals surface area contributed by atoms with Gasteiger partial charge in [-0.05, 0) is 27.7 Å². The van der Waals surface area contributed by atoms with Crippen LogP contribution in [0.1, 0.15) is 38.9 Å². The van der Waals surface area contributed by atoms with Gasteiger partial charge in [-0.15, -0.1) is 11.6 Å². The Morgan fingerprint density at radius 1 is 1.27 bits per heavy atom. The molecule has 1 heterocycles. The third kappa shape index (κ3) is 3.87. The van der Waals surface area contributed by atoms with Crippen molar-refractivity contribution in [3.63, 3.8) is 0 Å². The first-order valence-corrected chi connectivity index (χ1v) is 5.15. The number of aromatic nitrogens is 3. The van der Waals surface area contributed by atoms with Gasteiger partial charge in [-0.2, -0.15) is 15.0 Å². The van der Waals surface area contributed by atoms with Crippen molar-refractivity contribution in [1.82, 2.24) is 15.0 Å². The van der Waals surface area contributed by atoms with Crippen molar-refractivity contribution in [3.05, 3.63) is 5.82 Å². The predicted octanol–water partition coefficient (Wildman–Crippen LogP) is 1.96. The van der Waals surface area contributed by atoms with Crippen molar-refractivity contribution in [3.8, 4) is 0 Å². The first-order chi connectivity index (χ1) is 6.78. The number of nitrogen functional groups attached to an aromatic ring is 1. The molecule has 0 aliphatic heterocycles. The maximum absolute atomic E-state index is 5.88. The zero-order chi connectivity index (χ0) is 11.6. The van der Waals surface area contributed by atoms with E-state index in [9.17, 15) is 0 Å². The number of nitrogens with zero attached hydrogens (tertiary/aromatic N) is 3. The summed E-state index contributed by atoms with van der Waals surface area (Å²) in [7, 11) is 0. The number of alkyl halides is 1. The third-order valence-corrected chi connectivity index (χ3v) is 1.71. The Kier molecular flexibility index (Phi) is 3.34. The molecule has 84 valence electrons. The number of hydrogen-bond donors (Lipinski definition) is 2. The number of hydrogen-bond acceptors (Lipinski definition) is 5. The Labute approximate surface area is 94.5 Å². The van der Waals surface area contributed by atoms with E-state index in [1.54, 1.807) is 6.92 Å². The smallest absolute Gasteiger partial charge is 0.228 e. The highest BCUT2D eigenvalue weighted by atomic mass is 35.5. The van der Waals surface area contributed by atoms with E-state index in [4.69, 9.17) is 17.3 Å². The first kappa shape index (κ1) is 12.0. The van der Waals surface area contributed by atoms with Crippen molar-refractivity contribution in [1.29, 1.82) is 0 Å². The predicted molar refractivity (Wildman–Crippen MR) is 61.9 cm³/mol. The summed E-state index contributed by atoms with van der Waals surface area (Å²) in [6.07, 6.45) is 0. The second-order valence-electron chi connectivity index (χ2n) is 4.37. The van der Waals surface area contributed by atoms with Crippen LogP contribution in [0.3, 0.4) is 0 Å². The fraction of sp³-hybridized carbons (Fsp3) is 0.667. The van der Waals surface area contributed by atoms with Crippen molar-refractivity contribution in [2.45, 2.75) is 38.6 Å². The molecule has 0 saturated heterocycles. The van der Waals surface area contributed by atoms with E-state index >= 15 is 0 Å². The maximum atomic E-state index is 5.88. The monoisotopic (exact) mass is 229 g/mol. The molecule has 1 atom stereocenters. The topological polar surface area (TPSA) is 76.7 Å². The van der Waals surface area contributed by atoms with Gasteiger partial charge in [0.1, 0.15) is 0 Å². The molecule has 1 unspecified atom stereocenters. The molecular weight excluding hydrogens is 214 g/mol. The van der Waals surface area contributed by atoms with Crippen LogP contribution in [0.5, 0.6) is 0 Å². The minimum Gasteiger partial charge on any atom is -0.368 e. The van der Waals surface area contributed by atoms with E-state index in [0.717, 1.165) is 0 Å². The summed E-state index contributed by atoms with van der Waals surface area (Å²) in [5.74, 6) is 1.12. The summed E-state index contributed by atoms with van der Waals surface area (Å²) in [6, 6.07) is 0. The second-order valence-corrected chi connectivity index (χ2v) is 5.02. The Bertz CT molecular complexity index is 345. The lowest BCUT2D eigenvalue weighted by Gasteiger charge is -2.20. The molecule has 5 nitrogen and oxygen atoms in total. The van der Waals surface area contributed by atoms with Crippen LogP contribution in [0.4, 0.5) is 11.9 Å². The Morgan fingerprint density at radius 2 is 1.87 bits per heavy atom. The van der Waals surface area contributed by atoms with E-state index in [0.29, 0.717) is 11.8 Å². The van der Waals surface area contributed by atoms with Crippen LogP contribution in [0, 0.1) is 0 Å². The molecule has 0 fully saturated rings. The Hall–Kier alpha value is -1.10. The van der Waals surface area contributed by atoms with Gasteiger partial charge < -0.3 is 11.1 Å². The van der Waals surface area contributed by atoms with E-state index < -0.39 is 0 Å². The zero-order valence-electron chi connectivity index (χ0n) is 9.37. The summed E-state index contributed by atoms with van der Waals surface area (Å²) < 4.78 is 0. The number of nitrogens with one attached hydrogen (secondary N) is 1. The summed E-state index contributed by atoms with van der Waals surface area (Å²) in [5.41, 5.74) is 5.43. The van der Waals surface area contributed by atoms with Gasteiger partial charge in [-0.25, -0.2) is 0 Å². The molecule has 0 aromatic carbocycles. The Balaban J connectivity index is 2.99. The van der Waals surface area contributed by atoms with Crippen LogP contribution in [0.2, 0.25) is 0 Å². The van der Waals surface area contributed by atoms with E-state index in [2.05, 4.69) is 20.3 Å². The molecule has 0 saturated carbocycles. The van der Waals surface area contributed by atoms with E-state index in [1.807, 2.05) is 20.8 Å². The highest BCUT2D eigenvalue weighted by molar-refractivity contribution is 6.20. The van der Waals surface area contributed by atoms with Crippen molar-refractivity contribution in [2.24, 2.45) is 0 Å². The fourth-order valence-electron chi connectivity index (χ4n) is 0.979. The average molecular weight is 230 g/mol. The van der Waals surface area contributed by atoms with Crippen LogP contribution < -0.4 is 11.1 Å². The molecule has 0 spiro atoms. The maximum Gasteiger partial charge on any atom is 0.228 e. The molecule has 6 heteroatoms. The minimum atomic E-state index is -0.282. The number of halogens is 1. The lowest BCUT2D eigenvalue weighted by molar-refractivity contribution is 0.623. The highest BCUT2D eigenvalue weighted by Crippen LogP contribution is 2.18. The van der Waals surface area contributed by atoms with Gasteiger partial charge in [0.15, 0.2) is 5.82 Å². The molecule has 0 aliphatic carbocycles. The second kappa shape index (κ2) is 4.18. The largest absolute Gasteiger partial charge is 0.368 e. The molecule has 3 N–H and O–H groups in total. The number of anilines is 2. The number of rotatable bonds is 2. The van der Waals surface area contributed by atoms with Crippen LogP contribution >= 0.6 is 11.6 Å². The van der Waals surface area contributed by atoms with Gasteiger partial charge in [0.05, 0.1) is 5.38 Å². The zero-order valence-corrected chi connectivity index (χ0v) is 10.1. The SMILES string of the molecule is CC(Cl)c1nc(N)nc(NC(C)(C)C)n1. The van der Waals surface area contributed by atoms with Crippen LogP contribution in [-0.4, -0.2) is 20.5 Å². The fourth-order valence-corrected chi connectivity index (χ4v) is 1.08. The van der Waals surface area contributed by atoms with Crippen molar-refractivity contribution in [2.75, 3.05) is 11.1 Å². The molecule has 1 rings (SSSR count). The molecular formula is C9H16ClN5. The minimum absolute atomic E-state index is 0.124. The summed E-state index contributed by atoms with van der Waals surface area (Å²) in [4.78, 5) is 12.1. The van der Waals surface area contributed by atoms with Crippen LogP contribution in [0.15, 0.2) is 0 Å². The van der Waals surface area contributed by atoms with Gasteiger partial charge in [0.25, 0.3) is 0 Å². The third-order valence-electron chi connectivity index (χ3n) is 1.51. The molecule has 0 radical (unpaired) electrons. The standard InChI is InChI=1S/C9H16ClN5/c1-5(10)6-12-7(11)14-8(13-6)15-9(2,3)4/h5H,1-4H3,(H3,11,12,13,14,15). The lowest BCUT2D eigenvalue weighted by atomic mass is 10.1. The first-order valence-electron chi connectivity index (χ1n) is 4.71. The van der Waals surface area contributed by atoms with Gasteiger partial charge >= 0.3 is 0 Å². The molecule has 0 amide bonds. The summed E-state index contributed by atoms with van der Waals surface area (Å²) >= 11 is 5.88.